The number of hydrogen-bond donors (Lipinski definition) is 2. The Hall–Kier alpha value is -2.70. The number of aromatic nitrogens is 4. The molecule has 114 valence electrons. The van der Waals surface area contributed by atoms with Gasteiger partial charge in [0.25, 0.3) is 5.71 Å². The Morgan fingerprint density at radius 1 is 1.05 bits per heavy atom. The zero-order valence-electron chi connectivity index (χ0n) is 12.6. The van der Waals surface area contributed by atoms with Crippen molar-refractivity contribution in [3.8, 4) is 0 Å². The molecule has 0 aliphatic heterocycles. The van der Waals surface area contributed by atoms with Crippen LogP contribution in [0, 0.1) is 13.8 Å². The lowest BCUT2D eigenvalue weighted by Gasteiger charge is -2.08. The summed E-state index contributed by atoms with van der Waals surface area (Å²) in [5.41, 5.74) is 2.46. The van der Waals surface area contributed by atoms with Crippen molar-refractivity contribution in [2.45, 2.75) is 20.3 Å². The molecule has 3 rings (SSSR count). The molecule has 0 saturated carbocycles. The van der Waals surface area contributed by atoms with E-state index in [1.54, 1.807) is 0 Å². The Bertz CT molecular complexity index is 752. The molecule has 0 radical (unpaired) electrons. The van der Waals surface area contributed by atoms with Crippen LogP contribution in [0.4, 0.5) is 11.6 Å². The first-order valence-electron chi connectivity index (χ1n) is 7.21. The molecule has 0 aliphatic carbocycles. The van der Waals surface area contributed by atoms with Gasteiger partial charge in [-0.1, -0.05) is 11.2 Å². The van der Waals surface area contributed by atoms with Gasteiger partial charge in [-0.2, -0.15) is 4.98 Å². The Kier molecular flexibility index (Phi) is 4.13. The van der Waals surface area contributed by atoms with Crippen LogP contribution in [0.2, 0.25) is 0 Å². The summed E-state index contributed by atoms with van der Waals surface area (Å²) in [7, 11) is 0. The summed E-state index contributed by atoms with van der Waals surface area (Å²) in [6.07, 6.45) is 4.27. The summed E-state index contributed by atoms with van der Waals surface area (Å²) in [4.78, 5) is 12.6. The fraction of sp³-hybridized carbons (Fsp3) is 0.333. The van der Waals surface area contributed by atoms with Gasteiger partial charge in [-0.3, -0.25) is 0 Å². The lowest BCUT2D eigenvalue weighted by atomic mass is 10.3. The number of fused-ring (bicyclic) bond motifs is 1. The number of hydrogen-bond acceptors (Lipinski definition) is 7. The molecule has 0 aromatic carbocycles. The molecule has 7 nitrogen and oxygen atoms in total. The van der Waals surface area contributed by atoms with Gasteiger partial charge in [0.2, 0.25) is 0 Å². The number of aryl methyl sites for hydroxylation is 2. The summed E-state index contributed by atoms with van der Waals surface area (Å²) in [5, 5.41) is 11.3. The standard InChI is InChI=1S/C15H18N6O/c1-10-4-5-12(18-8-10)16-6-3-7-17-14-13-11(2)21-22-15(13)20-9-19-14/h4-5,8-9H,3,6-7H2,1-2H3,(H,16,18)(H,17,19,20). The SMILES string of the molecule is Cc1ccc(NCCCNc2ncnc3onc(C)c23)nc1. The van der Waals surface area contributed by atoms with E-state index in [1.165, 1.54) is 6.33 Å². The van der Waals surface area contributed by atoms with Gasteiger partial charge in [0.05, 0.1) is 5.69 Å². The van der Waals surface area contributed by atoms with Gasteiger partial charge < -0.3 is 15.2 Å². The quantitative estimate of drug-likeness (QED) is 0.676. The van der Waals surface area contributed by atoms with E-state index in [2.05, 4.69) is 30.7 Å². The van der Waals surface area contributed by atoms with Crippen LogP contribution >= 0.6 is 0 Å². The maximum atomic E-state index is 5.12. The maximum Gasteiger partial charge on any atom is 0.263 e. The van der Waals surface area contributed by atoms with Gasteiger partial charge in [-0.05, 0) is 31.9 Å². The minimum atomic E-state index is 0.511. The van der Waals surface area contributed by atoms with Crippen LogP contribution in [-0.2, 0) is 0 Å². The van der Waals surface area contributed by atoms with Gasteiger partial charge in [0.15, 0.2) is 0 Å². The summed E-state index contributed by atoms with van der Waals surface area (Å²) in [5.74, 6) is 1.65. The van der Waals surface area contributed by atoms with Crippen LogP contribution in [-0.4, -0.2) is 33.2 Å². The first-order chi connectivity index (χ1) is 10.7. The first kappa shape index (κ1) is 14.2. The van der Waals surface area contributed by atoms with Crippen LogP contribution in [0.3, 0.4) is 0 Å². The molecule has 0 aliphatic rings. The van der Waals surface area contributed by atoms with Crippen LogP contribution < -0.4 is 10.6 Å². The van der Waals surface area contributed by atoms with Crippen molar-refractivity contribution in [1.82, 2.24) is 20.1 Å². The minimum absolute atomic E-state index is 0.511. The molecule has 3 heterocycles. The zero-order chi connectivity index (χ0) is 15.4. The highest BCUT2D eigenvalue weighted by atomic mass is 16.5. The van der Waals surface area contributed by atoms with Crippen molar-refractivity contribution >= 4 is 22.7 Å². The Morgan fingerprint density at radius 2 is 1.91 bits per heavy atom. The summed E-state index contributed by atoms with van der Waals surface area (Å²) in [6, 6.07) is 4.02. The fourth-order valence-corrected chi connectivity index (χ4v) is 2.14. The third-order valence-electron chi connectivity index (χ3n) is 3.31. The largest absolute Gasteiger partial charge is 0.370 e. The molecular formula is C15H18N6O. The average Bonchev–Trinajstić information content (AvgIpc) is 2.91. The first-order valence-corrected chi connectivity index (χ1v) is 7.21. The fourth-order valence-electron chi connectivity index (χ4n) is 2.14. The van der Waals surface area contributed by atoms with Crippen LogP contribution in [0.5, 0.6) is 0 Å². The Morgan fingerprint density at radius 3 is 2.73 bits per heavy atom. The van der Waals surface area contributed by atoms with Gasteiger partial charge in [-0.25, -0.2) is 9.97 Å². The van der Waals surface area contributed by atoms with Crippen LogP contribution in [0.25, 0.3) is 11.1 Å². The molecule has 0 unspecified atom stereocenters. The van der Waals surface area contributed by atoms with Crippen molar-refractivity contribution < 1.29 is 4.52 Å². The minimum Gasteiger partial charge on any atom is -0.370 e. The molecule has 7 heteroatoms. The van der Waals surface area contributed by atoms with Gasteiger partial charge in [0, 0.05) is 19.3 Å². The number of nitrogens with zero attached hydrogens (tertiary/aromatic N) is 4. The third-order valence-corrected chi connectivity index (χ3v) is 3.31. The number of anilines is 2. The van der Waals surface area contributed by atoms with Crippen molar-refractivity contribution in [3.05, 3.63) is 35.9 Å². The molecule has 0 fully saturated rings. The summed E-state index contributed by atoms with van der Waals surface area (Å²) >= 11 is 0. The molecule has 0 bridgehead atoms. The highest BCUT2D eigenvalue weighted by molar-refractivity contribution is 5.87. The topological polar surface area (TPSA) is 88.8 Å². The molecule has 0 atom stereocenters. The van der Waals surface area contributed by atoms with E-state index in [4.69, 9.17) is 4.52 Å². The van der Waals surface area contributed by atoms with Crippen molar-refractivity contribution in [2.75, 3.05) is 23.7 Å². The van der Waals surface area contributed by atoms with Crippen LogP contribution in [0.1, 0.15) is 17.7 Å². The molecule has 0 spiro atoms. The number of pyridine rings is 1. The number of rotatable bonds is 6. The highest BCUT2D eigenvalue weighted by Gasteiger charge is 2.11. The highest BCUT2D eigenvalue weighted by Crippen LogP contribution is 2.22. The van der Waals surface area contributed by atoms with E-state index >= 15 is 0 Å². The van der Waals surface area contributed by atoms with E-state index in [9.17, 15) is 0 Å². The molecule has 2 N–H and O–H groups in total. The van der Waals surface area contributed by atoms with E-state index in [1.807, 2.05) is 32.2 Å². The second-order valence-corrected chi connectivity index (χ2v) is 5.10. The average molecular weight is 298 g/mol. The van der Waals surface area contributed by atoms with E-state index in [-0.39, 0.29) is 0 Å². The second kappa shape index (κ2) is 6.38. The summed E-state index contributed by atoms with van der Waals surface area (Å²) in [6.45, 7) is 5.52. The lowest BCUT2D eigenvalue weighted by Crippen LogP contribution is -2.10. The van der Waals surface area contributed by atoms with Crippen molar-refractivity contribution in [1.29, 1.82) is 0 Å². The normalized spacial score (nSPS) is 10.8. The molecule has 3 aromatic heterocycles. The van der Waals surface area contributed by atoms with Crippen molar-refractivity contribution in [2.24, 2.45) is 0 Å². The predicted octanol–water partition coefficient (Wildman–Crippen LogP) is 2.54. The van der Waals surface area contributed by atoms with Gasteiger partial charge in [-0.15, -0.1) is 0 Å². The Labute approximate surface area is 128 Å². The summed E-state index contributed by atoms with van der Waals surface area (Å²) < 4.78 is 5.12. The van der Waals surface area contributed by atoms with Crippen LogP contribution in [0.15, 0.2) is 29.2 Å². The lowest BCUT2D eigenvalue weighted by molar-refractivity contribution is 0.442. The van der Waals surface area contributed by atoms with E-state index in [0.717, 1.165) is 47.8 Å². The molecule has 0 saturated heterocycles. The smallest absolute Gasteiger partial charge is 0.263 e. The van der Waals surface area contributed by atoms with Gasteiger partial charge >= 0.3 is 0 Å². The molecule has 3 aromatic rings. The second-order valence-electron chi connectivity index (χ2n) is 5.10. The van der Waals surface area contributed by atoms with Crippen molar-refractivity contribution in [3.63, 3.8) is 0 Å². The maximum absolute atomic E-state index is 5.12. The zero-order valence-corrected chi connectivity index (χ0v) is 12.6. The predicted molar refractivity (Wildman–Crippen MR) is 84.9 cm³/mol. The number of nitrogens with one attached hydrogen (secondary N) is 2. The monoisotopic (exact) mass is 298 g/mol. The molecular weight excluding hydrogens is 280 g/mol. The van der Waals surface area contributed by atoms with E-state index < -0.39 is 0 Å². The third kappa shape index (κ3) is 3.13. The Balaban J connectivity index is 1.50. The van der Waals surface area contributed by atoms with E-state index in [0.29, 0.717) is 5.71 Å². The molecule has 22 heavy (non-hydrogen) atoms. The van der Waals surface area contributed by atoms with Gasteiger partial charge in [0.1, 0.15) is 23.3 Å². The molecule has 0 amide bonds.